The summed E-state index contributed by atoms with van der Waals surface area (Å²) in [7, 11) is 0. The quantitative estimate of drug-likeness (QED) is 0.815. The largest absolute Gasteiger partial charge is 0.324 e. The molecule has 0 spiro atoms. The van der Waals surface area contributed by atoms with E-state index in [1.165, 1.54) is 11.8 Å². The van der Waals surface area contributed by atoms with E-state index in [0.29, 0.717) is 5.69 Å². The molecule has 0 heterocycles. The van der Waals surface area contributed by atoms with Crippen molar-refractivity contribution in [3.63, 3.8) is 0 Å². The van der Waals surface area contributed by atoms with Crippen LogP contribution in [0.5, 0.6) is 0 Å². The summed E-state index contributed by atoms with van der Waals surface area (Å²) < 4.78 is 0.883. The summed E-state index contributed by atoms with van der Waals surface area (Å²) >= 11 is 3.37. The third-order valence-electron chi connectivity index (χ3n) is 3.64. The first-order chi connectivity index (χ1) is 11.4. The van der Waals surface area contributed by atoms with Crippen LogP contribution in [0.15, 0.2) is 53.0 Å². The van der Waals surface area contributed by atoms with Crippen LogP contribution >= 0.6 is 15.9 Å². The van der Waals surface area contributed by atoms with E-state index in [-0.39, 0.29) is 24.3 Å². The Labute approximate surface area is 151 Å². The molecule has 0 unspecified atom stereocenters. The molecule has 0 aliphatic carbocycles. The van der Waals surface area contributed by atoms with Gasteiger partial charge < -0.3 is 10.2 Å². The number of carbonyl (C=O) groups is 2. The SMILES string of the molecule is CC(=O)N(CC(=O)Nc1cccc(Br)c1)c1ccccc1C(C)C. The van der Waals surface area contributed by atoms with Crippen LogP contribution in [0.1, 0.15) is 32.3 Å². The Morgan fingerprint density at radius 1 is 1.12 bits per heavy atom. The third-order valence-corrected chi connectivity index (χ3v) is 4.13. The fraction of sp³-hybridized carbons (Fsp3) is 0.263. The van der Waals surface area contributed by atoms with Crippen molar-refractivity contribution in [2.45, 2.75) is 26.7 Å². The number of carbonyl (C=O) groups excluding carboxylic acids is 2. The summed E-state index contributed by atoms with van der Waals surface area (Å²) in [5.74, 6) is -0.134. The molecule has 0 aliphatic rings. The molecule has 126 valence electrons. The summed E-state index contributed by atoms with van der Waals surface area (Å²) in [6.45, 7) is 5.59. The molecule has 2 aromatic rings. The number of benzene rings is 2. The predicted octanol–water partition coefficient (Wildman–Crippen LogP) is 4.56. The van der Waals surface area contributed by atoms with Crippen molar-refractivity contribution >= 4 is 39.1 Å². The molecule has 0 fully saturated rings. The Hall–Kier alpha value is -2.14. The zero-order valence-corrected chi connectivity index (χ0v) is 15.6. The van der Waals surface area contributed by atoms with Crippen LogP contribution in [0.4, 0.5) is 11.4 Å². The number of halogens is 1. The average molecular weight is 389 g/mol. The fourth-order valence-corrected chi connectivity index (χ4v) is 2.90. The highest BCUT2D eigenvalue weighted by molar-refractivity contribution is 9.10. The maximum absolute atomic E-state index is 12.4. The van der Waals surface area contributed by atoms with Crippen LogP contribution in [-0.2, 0) is 9.59 Å². The zero-order chi connectivity index (χ0) is 17.7. The van der Waals surface area contributed by atoms with Gasteiger partial charge in [0.05, 0.1) is 0 Å². The molecule has 2 amide bonds. The maximum Gasteiger partial charge on any atom is 0.244 e. The normalized spacial score (nSPS) is 10.5. The molecular formula is C19H21BrN2O2. The topological polar surface area (TPSA) is 49.4 Å². The number of rotatable bonds is 5. The van der Waals surface area contributed by atoms with Crippen molar-refractivity contribution in [3.8, 4) is 0 Å². The molecule has 24 heavy (non-hydrogen) atoms. The van der Waals surface area contributed by atoms with Crippen molar-refractivity contribution < 1.29 is 9.59 Å². The second-order valence-electron chi connectivity index (χ2n) is 5.88. The maximum atomic E-state index is 12.4. The molecule has 0 radical (unpaired) electrons. The van der Waals surface area contributed by atoms with Gasteiger partial charge in [0.25, 0.3) is 0 Å². The van der Waals surface area contributed by atoms with E-state index < -0.39 is 0 Å². The van der Waals surface area contributed by atoms with Gasteiger partial charge in [-0.1, -0.05) is 54.0 Å². The molecule has 2 rings (SSSR count). The van der Waals surface area contributed by atoms with Crippen molar-refractivity contribution in [1.29, 1.82) is 0 Å². The lowest BCUT2D eigenvalue weighted by atomic mass is 10.0. The lowest BCUT2D eigenvalue weighted by Crippen LogP contribution is -2.37. The predicted molar refractivity (Wildman–Crippen MR) is 101 cm³/mol. The number of nitrogens with zero attached hydrogens (tertiary/aromatic N) is 1. The van der Waals surface area contributed by atoms with Crippen molar-refractivity contribution in [2.75, 3.05) is 16.8 Å². The van der Waals surface area contributed by atoms with Crippen LogP contribution in [0, 0.1) is 0 Å². The van der Waals surface area contributed by atoms with Crippen molar-refractivity contribution in [2.24, 2.45) is 0 Å². The number of hydrogen-bond donors (Lipinski definition) is 1. The molecule has 2 aromatic carbocycles. The van der Waals surface area contributed by atoms with E-state index in [1.807, 2.05) is 48.5 Å². The Morgan fingerprint density at radius 2 is 1.83 bits per heavy atom. The van der Waals surface area contributed by atoms with Gasteiger partial charge in [0.1, 0.15) is 6.54 Å². The van der Waals surface area contributed by atoms with Gasteiger partial charge in [-0.15, -0.1) is 0 Å². The van der Waals surface area contributed by atoms with Gasteiger partial charge in [0.2, 0.25) is 11.8 Å². The summed E-state index contributed by atoms with van der Waals surface area (Å²) in [5, 5.41) is 2.82. The minimum atomic E-state index is -0.234. The van der Waals surface area contributed by atoms with E-state index in [1.54, 1.807) is 0 Å². The Kier molecular flexibility index (Phi) is 6.15. The van der Waals surface area contributed by atoms with Gasteiger partial charge in [0.15, 0.2) is 0 Å². The molecule has 0 aromatic heterocycles. The Bertz CT molecular complexity index is 744. The molecule has 0 saturated carbocycles. The highest BCUT2D eigenvalue weighted by Crippen LogP contribution is 2.27. The van der Waals surface area contributed by atoms with Crippen LogP contribution < -0.4 is 10.2 Å². The molecule has 0 bridgehead atoms. The monoisotopic (exact) mass is 388 g/mol. The first-order valence-electron chi connectivity index (χ1n) is 7.81. The molecule has 0 aliphatic heterocycles. The molecule has 0 saturated heterocycles. The van der Waals surface area contributed by atoms with Crippen molar-refractivity contribution in [3.05, 3.63) is 58.6 Å². The standard InChI is InChI=1S/C19H21BrN2O2/c1-13(2)17-9-4-5-10-18(17)22(14(3)23)12-19(24)21-16-8-6-7-15(20)11-16/h4-11,13H,12H2,1-3H3,(H,21,24). The van der Waals surface area contributed by atoms with Gasteiger partial charge in [-0.05, 0) is 35.7 Å². The Morgan fingerprint density at radius 3 is 2.46 bits per heavy atom. The molecule has 1 N–H and O–H groups in total. The van der Waals surface area contributed by atoms with E-state index >= 15 is 0 Å². The number of amides is 2. The first kappa shape index (κ1) is 18.2. The average Bonchev–Trinajstić information content (AvgIpc) is 2.52. The lowest BCUT2D eigenvalue weighted by Gasteiger charge is -2.25. The number of para-hydroxylation sites is 1. The van der Waals surface area contributed by atoms with Gasteiger partial charge in [-0.3, -0.25) is 9.59 Å². The third kappa shape index (κ3) is 4.68. The van der Waals surface area contributed by atoms with Crippen LogP contribution in [0.2, 0.25) is 0 Å². The minimum Gasteiger partial charge on any atom is -0.324 e. The van der Waals surface area contributed by atoms with Gasteiger partial charge in [0, 0.05) is 22.8 Å². The van der Waals surface area contributed by atoms with Crippen LogP contribution in [0.3, 0.4) is 0 Å². The minimum absolute atomic E-state index is 0.0222. The highest BCUT2D eigenvalue weighted by Gasteiger charge is 2.19. The van der Waals surface area contributed by atoms with Gasteiger partial charge in [-0.25, -0.2) is 0 Å². The first-order valence-corrected chi connectivity index (χ1v) is 8.60. The number of nitrogens with one attached hydrogen (secondary N) is 1. The summed E-state index contributed by atoms with van der Waals surface area (Å²) in [4.78, 5) is 26.0. The summed E-state index contributed by atoms with van der Waals surface area (Å²) in [6.07, 6.45) is 0. The molecule has 0 atom stereocenters. The van der Waals surface area contributed by atoms with E-state index in [0.717, 1.165) is 15.7 Å². The lowest BCUT2D eigenvalue weighted by molar-refractivity contribution is -0.120. The van der Waals surface area contributed by atoms with E-state index in [2.05, 4.69) is 35.1 Å². The van der Waals surface area contributed by atoms with Gasteiger partial charge in [-0.2, -0.15) is 0 Å². The number of hydrogen-bond acceptors (Lipinski definition) is 2. The number of anilines is 2. The zero-order valence-electron chi connectivity index (χ0n) is 14.0. The van der Waals surface area contributed by atoms with Crippen LogP contribution in [0.25, 0.3) is 0 Å². The molecular weight excluding hydrogens is 368 g/mol. The van der Waals surface area contributed by atoms with E-state index in [4.69, 9.17) is 0 Å². The molecule has 5 heteroatoms. The van der Waals surface area contributed by atoms with Gasteiger partial charge >= 0.3 is 0 Å². The van der Waals surface area contributed by atoms with E-state index in [9.17, 15) is 9.59 Å². The molecule has 4 nitrogen and oxygen atoms in total. The highest BCUT2D eigenvalue weighted by atomic mass is 79.9. The van der Waals surface area contributed by atoms with Crippen molar-refractivity contribution in [1.82, 2.24) is 0 Å². The second kappa shape index (κ2) is 8.11. The van der Waals surface area contributed by atoms with Crippen LogP contribution in [-0.4, -0.2) is 18.4 Å². The summed E-state index contributed by atoms with van der Waals surface area (Å²) in [6, 6.07) is 15.0. The summed E-state index contributed by atoms with van der Waals surface area (Å²) in [5.41, 5.74) is 2.52. The Balaban J connectivity index is 2.20. The smallest absolute Gasteiger partial charge is 0.244 e. The fourth-order valence-electron chi connectivity index (χ4n) is 2.50. The second-order valence-corrected chi connectivity index (χ2v) is 6.79.